The van der Waals surface area contributed by atoms with Crippen molar-refractivity contribution in [2.75, 3.05) is 0 Å². The molecule has 0 bridgehead atoms. The van der Waals surface area contributed by atoms with Gasteiger partial charge in [0.05, 0.1) is 5.39 Å². The minimum Gasteiger partial charge on any atom is -0.364 e. The van der Waals surface area contributed by atoms with Gasteiger partial charge < -0.3 is 5.73 Å². The smallest absolute Gasteiger partial charge is 0.268 e. The zero-order valence-electron chi connectivity index (χ0n) is 10.2. The molecule has 3 aromatic heterocycles. The van der Waals surface area contributed by atoms with E-state index in [1.54, 1.807) is 28.4 Å². The van der Waals surface area contributed by atoms with Gasteiger partial charge in [-0.3, -0.25) is 9.36 Å². The van der Waals surface area contributed by atoms with Crippen LogP contribution in [0.15, 0.2) is 24.0 Å². The Balaban J connectivity index is 2.21. The van der Waals surface area contributed by atoms with Crippen LogP contribution in [0.3, 0.4) is 0 Å². The largest absolute Gasteiger partial charge is 0.364 e. The third-order valence-corrected chi connectivity index (χ3v) is 3.55. The van der Waals surface area contributed by atoms with Gasteiger partial charge in [0.25, 0.3) is 5.91 Å². The number of imidazole rings is 1. The molecule has 0 radical (unpaired) electrons. The number of carbonyl (C=O) groups excluding carboxylic acids is 1. The van der Waals surface area contributed by atoms with Crippen molar-refractivity contribution in [3.8, 4) is 5.82 Å². The van der Waals surface area contributed by atoms with Crippen LogP contribution in [0.2, 0.25) is 0 Å². The van der Waals surface area contributed by atoms with Crippen molar-refractivity contribution in [3.63, 3.8) is 0 Å². The van der Waals surface area contributed by atoms with Crippen molar-refractivity contribution in [1.82, 2.24) is 19.5 Å². The number of nitrogens with zero attached hydrogens (tertiary/aromatic N) is 4. The fraction of sp³-hybridized carbons (Fsp3) is 0.167. The summed E-state index contributed by atoms with van der Waals surface area (Å²) in [5.74, 6) is 0.937. The summed E-state index contributed by atoms with van der Waals surface area (Å²) in [6, 6.07) is 1.96. The number of hydrogen-bond acceptors (Lipinski definition) is 5. The number of thiophene rings is 1. The summed E-state index contributed by atoms with van der Waals surface area (Å²) in [6.45, 7) is 2.00. The quantitative estimate of drug-likeness (QED) is 0.784. The van der Waals surface area contributed by atoms with Crippen LogP contribution in [-0.4, -0.2) is 25.4 Å². The van der Waals surface area contributed by atoms with E-state index in [1.807, 2.05) is 18.4 Å². The predicted octanol–water partition coefficient (Wildman–Crippen LogP) is 1.54. The summed E-state index contributed by atoms with van der Waals surface area (Å²) in [5, 5.41) is 2.91. The molecule has 0 spiro atoms. The molecule has 0 aliphatic rings. The van der Waals surface area contributed by atoms with Crippen molar-refractivity contribution in [1.29, 1.82) is 0 Å². The fourth-order valence-corrected chi connectivity index (χ4v) is 2.58. The van der Waals surface area contributed by atoms with Gasteiger partial charge in [0.15, 0.2) is 0 Å². The van der Waals surface area contributed by atoms with Crippen LogP contribution in [-0.2, 0) is 6.42 Å². The van der Waals surface area contributed by atoms with Gasteiger partial charge in [-0.25, -0.2) is 15.0 Å². The molecular formula is C12H11N5OS. The molecule has 0 aromatic carbocycles. The van der Waals surface area contributed by atoms with E-state index in [0.29, 0.717) is 0 Å². The Morgan fingerprint density at radius 1 is 1.47 bits per heavy atom. The lowest BCUT2D eigenvalue weighted by Crippen LogP contribution is -2.11. The van der Waals surface area contributed by atoms with Gasteiger partial charge in [0.2, 0.25) is 0 Å². The van der Waals surface area contributed by atoms with Crippen LogP contribution in [0.5, 0.6) is 0 Å². The van der Waals surface area contributed by atoms with Gasteiger partial charge in [-0.05, 0) is 11.4 Å². The van der Waals surface area contributed by atoms with Crippen LogP contribution in [0, 0.1) is 0 Å². The van der Waals surface area contributed by atoms with Crippen LogP contribution in [0.1, 0.15) is 23.2 Å². The molecule has 7 heteroatoms. The molecule has 3 heterocycles. The van der Waals surface area contributed by atoms with Gasteiger partial charge in [-0.1, -0.05) is 6.92 Å². The Hall–Kier alpha value is -2.28. The summed E-state index contributed by atoms with van der Waals surface area (Å²) >= 11 is 1.56. The third kappa shape index (κ3) is 1.97. The Bertz CT molecular complexity index is 760. The predicted molar refractivity (Wildman–Crippen MR) is 72.4 cm³/mol. The number of aromatic nitrogens is 4. The highest BCUT2D eigenvalue weighted by atomic mass is 32.1. The molecule has 3 aromatic rings. The van der Waals surface area contributed by atoms with Crippen LogP contribution < -0.4 is 5.73 Å². The highest BCUT2D eigenvalue weighted by Gasteiger charge is 2.12. The number of primary amides is 1. The highest BCUT2D eigenvalue weighted by Crippen LogP contribution is 2.24. The number of rotatable bonds is 3. The van der Waals surface area contributed by atoms with Gasteiger partial charge in [-0.15, -0.1) is 11.3 Å². The summed E-state index contributed by atoms with van der Waals surface area (Å²) in [7, 11) is 0. The average molecular weight is 273 g/mol. The first kappa shape index (κ1) is 11.8. The maximum atomic E-state index is 11.1. The van der Waals surface area contributed by atoms with Crippen molar-refractivity contribution in [3.05, 3.63) is 35.5 Å². The average Bonchev–Trinajstić information content (AvgIpc) is 3.06. The molecule has 19 heavy (non-hydrogen) atoms. The number of carbonyl (C=O) groups is 1. The summed E-state index contributed by atoms with van der Waals surface area (Å²) in [4.78, 5) is 25.0. The van der Waals surface area contributed by atoms with E-state index in [0.717, 1.165) is 28.3 Å². The number of amides is 1. The monoisotopic (exact) mass is 273 g/mol. The number of nitrogens with two attached hydrogens (primary N) is 1. The number of aryl methyl sites for hydroxylation is 1. The van der Waals surface area contributed by atoms with E-state index in [2.05, 4.69) is 15.0 Å². The zero-order valence-corrected chi connectivity index (χ0v) is 11.0. The Morgan fingerprint density at radius 2 is 2.32 bits per heavy atom. The first-order valence-electron chi connectivity index (χ1n) is 5.77. The van der Waals surface area contributed by atoms with Gasteiger partial charge in [0, 0.05) is 12.6 Å². The van der Waals surface area contributed by atoms with Crippen molar-refractivity contribution >= 4 is 27.5 Å². The molecule has 2 N–H and O–H groups in total. The second-order valence-corrected chi connectivity index (χ2v) is 4.88. The van der Waals surface area contributed by atoms with Gasteiger partial charge in [0.1, 0.15) is 28.5 Å². The van der Waals surface area contributed by atoms with E-state index in [1.165, 1.54) is 0 Å². The molecule has 0 unspecified atom stereocenters. The van der Waals surface area contributed by atoms with Crippen LogP contribution in [0.4, 0.5) is 0 Å². The molecular weight excluding hydrogens is 262 g/mol. The minimum atomic E-state index is -0.551. The van der Waals surface area contributed by atoms with Gasteiger partial charge >= 0.3 is 0 Å². The topological polar surface area (TPSA) is 86.7 Å². The maximum Gasteiger partial charge on any atom is 0.268 e. The van der Waals surface area contributed by atoms with E-state index >= 15 is 0 Å². The summed E-state index contributed by atoms with van der Waals surface area (Å²) in [6.07, 6.45) is 3.87. The lowest BCUT2D eigenvalue weighted by molar-refractivity contribution is 0.0996. The molecule has 0 aliphatic heterocycles. The Labute approximate surface area is 112 Å². The second-order valence-electron chi connectivity index (χ2n) is 3.99. The van der Waals surface area contributed by atoms with Crippen molar-refractivity contribution in [2.24, 2.45) is 5.73 Å². The molecule has 0 saturated heterocycles. The van der Waals surface area contributed by atoms with Crippen molar-refractivity contribution < 1.29 is 4.79 Å². The van der Waals surface area contributed by atoms with E-state index in [-0.39, 0.29) is 5.69 Å². The third-order valence-electron chi connectivity index (χ3n) is 2.75. The maximum absolute atomic E-state index is 11.1. The molecule has 0 aliphatic carbocycles. The first-order valence-corrected chi connectivity index (χ1v) is 6.65. The summed E-state index contributed by atoms with van der Waals surface area (Å²) in [5.41, 5.74) is 5.43. The molecule has 1 amide bonds. The normalized spacial score (nSPS) is 11.0. The molecule has 6 nitrogen and oxygen atoms in total. The number of hydrogen-bond donors (Lipinski definition) is 1. The fourth-order valence-electron chi connectivity index (χ4n) is 1.80. The van der Waals surface area contributed by atoms with Crippen molar-refractivity contribution in [2.45, 2.75) is 13.3 Å². The molecule has 0 atom stereocenters. The summed E-state index contributed by atoms with van der Waals surface area (Å²) < 4.78 is 1.70. The second kappa shape index (κ2) is 4.43. The lowest BCUT2D eigenvalue weighted by atomic mass is 10.3. The number of fused-ring (bicyclic) bond motifs is 1. The highest BCUT2D eigenvalue weighted by molar-refractivity contribution is 7.16. The minimum absolute atomic E-state index is 0.222. The zero-order chi connectivity index (χ0) is 13.4. The lowest BCUT2D eigenvalue weighted by Gasteiger charge is -2.04. The first-order chi connectivity index (χ1) is 9.19. The SMILES string of the molecule is CCc1nc(-n2cnc(C(N)=O)c2)c2ccsc2n1. The Kier molecular flexibility index (Phi) is 2.75. The van der Waals surface area contributed by atoms with Crippen LogP contribution >= 0.6 is 11.3 Å². The molecule has 96 valence electrons. The van der Waals surface area contributed by atoms with E-state index in [9.17, 15) is 4.79 Å². The van der Waals surface area contributed by atoms with Gasteiger partial charge in [-0.2, -0.15) is 0 Å². The molecule has 0 saturated carbocycles. The van der Waals surface area contributed by atoms with E-state index in [4.69, 9.17) is 5.73 Å². The Morgan fingerprint density at radius 3 is 3.00 bits per heavy atom. The molecule has 0 fully saturated rings. The van der Waals surface area contributed by atoms with E-state index < -0.39 is 5.91 Å². The van der Waals surface area contributed by atoms with Crippen LogP contribution in [0.25, 0.3) is 16.0 Å². The standard InChI is InChI=1S/C12H11N5OS/c1-2-9-15-11(7-3-4-19-12(7)16-9)17-5-8(10(13)18)14-6-17/h3-6H,2H2,1H3,(H2,13,18). The molecule has 3 rings (SSSR count).